The van der Waals surface area contributed by atoms with E-state index < -0.39 is 0 Å². The van der Waals surface area contributed by atoms with Gasteiger partial charge in [0.2, 0.25) is 0 Å². The summed E-state index contributed by atoms with van der Waals surface area (Å²) in [6.45, 7) is 3.74. The molecule has 0 saturated carbocycles. The van der Waals surface area contributed by atoms with Crippen LogP contribution in [0.5, 0.6) is 5.75 Å². The van der Waals surface area contributed by atoms with Crippen LogP contribution in [0.2, 0.25) is 0 Å². The molecule has 1 saturated heterocycles. The first kappa shape index (κ1) is 22.1. The van der Waals surface area contributed by atoms with Crippen LogP contribution in [0.3, 0.4) is 0 Å². The number of pyridine rings is 1. The third-order valence-corrected chi connectivity index (χ3v) is 6.72. The normalized spacial score (nSPS) is 14.9. The minimum Gasteiger partial charge on any atom is -0.496 e. The van der Waals surface area contributed by atoms with E-state index in [4.69, 9.17) is 14.7 Å². The predicted octanol–water partition coefficient (Wildman–Crippen LogP) is 5.45. The van der Waals surface area contributed by atoms with Crippen molar-refractivity contribution in [3.8, 4) is 5.75 Å². The van der Waals surface area contributed by atoms with Crippen LogP contribution in [0.1, 0.15) is 52.0 Å². The number of carbonyl (C=O) groups is 1. The molecule has 0 unspecified atom stereocenters. The fraction of sp³-hybridized carbons (Fsp3) is 0.321. The second kappa shape index (κ2) is 9.29. The monoisotopic (exact) mass is 454 g/mol. The number of likely N-dealkylation sites (tertiary alicyclic amines) is 1. The summed E-state index contributed by atoms with van der Waals surface area (Å²) in [5.41, 5.74) is 6.73. The maximum Gasteiger partial charge on any atom is 0.253 e. The van der Waals surface area contributed by atoms with Gasteiger partial charge in [-0.3, -0.25) is 9.79 Å². The van der Waals surface area contributed by atoms with Gasteiger partial charge in [-0.2, -0.15) is 0 Å². The third-order valence-electron chi connectivity index (χ3n) is 6.72. The zero-order valence-electron chi connectivity index (χ0n) is 20.0. The summed E-state index contributed by atoms with van der Waals surface area (Å²) >= 11 is 0. The molecule has 34 heavy (non-hydrogen) atoms. The molecule has 174 valence electrons. The molecule has 1 amide bonds. The van der Waals surface area contributed by atoms with Crippen LogP contribution in [-0.4, -0.2) is 49.3 Å². The van der Waals surface area contributed by atoms with E-state index in [1.54, 1.807) is 7.11 Å². The highest BCUT2D eigenvalue weighted by atomic mass is 16.5. The number of piperidine rings is 1. The Hall–Kier alpha value is -3.67. The molecule has 1 fully saturated rings. The minimum atomic E-state index is 0.0849. The maximum atomic E-state index is 13.0. The van der Waals surface area contributed by atoms with Gasteiger partial charge in [0.15, 0.2) is 5.82 Å². The molecule has 6 nitrogen and oxygen atoms in total. The van der Waals surface area contributed by atoms with E-state index in [1.165, 1.54) is 6.42 Å². The van der Waals surface area contributed by atoms with Crippen molar-refractivity contribution in [2.24, 2.45) is 4.99 Å². The summed E-state index contributed by atoms with van der Waals surface area (Å²) in [7, 11) is 3.69. The van der Waals surface area contributed by atoms with Gasteiger partial charge in [-0.25, -0.2) is 4.98 Å². The van der Waals surface area contributed by atoms with E-state index in [2.05, 4.69) is 30.0 Å². The molecule has 0 aliphatic carbocycles. The molecule has 0 radical (unpaired) electrons. The SMILES string of the molecule is COc1cc(C(=O)N2CCCCC2)ccc1Cc1cc(C)c2c(n1)N(C)c1ccccc1C=N2. The summed E-state index contributed by atoms with van der Waals surface area (Å²) in [5, 5.41) is 0. The summed E-state index contributed by atoms with van der Waals surface area (Å²) in [5.74, 6) is 1.64. The van der Waals surface area contributed by atoms with Crippen molar-refractivity contribution in [3.05, 3.63) is 76.5 Å². The third kappa shape index (κ3) is 4.16. The summed E-state index contributed by atoms with van der Waals surface area (Å²) in [6.07, 6.45) is 5.87. The Kier molecular flexibility index (Phi) is 6.05. The molecule has 3 heterocycles. The second-order valence-electron chi connectivity index (χ2n) is 9.03. The van der Waals surface area contributed by atoms with Crippen molar-refractivity contribution < 1.29 is 9.53 Å². The van der Waals surface area contributed by atoms with Gasteiger partial charge in [-0.1, -0.05) is 24.3 Å². The van der Waals surface area contributed by atoms with Gasteiger partial charge in [0.25, 0.3) is 5.91 Å². The predicted molar refractivity (Wildman–Crippen MR) is 136 cm³/mol. The van der Waals surface area contributed by atoms with Crippen LogP contribution >= 0.6 is 0 Å². The Morgan fingerprint density at radius 2 is 1.85 bits per heavy atom. The Balaban J connectivity index is 1.45. The average Bonchev–Trinajstić information content (AvgIpc) is 3.01. The van der Waals surface area contributed by atoms with Gasteiger partial charge in [0.05, 0.1) is 12.8 Å². The maximum absolute atomic E-state index is 13.0. The van der Waals surface area contributed by atoms with Crippen molar-refractivity contribution in [3.63, 3.8) is 0 Å². The van der Waals surface area contributed by atoms with Crippen LogP contribution in [0, 0.1) is 6.92 Å². The van der Waals surface area contributed by atoms with E-state index in [0.717, 1.165) is 65.5 Å². The highest BCUT2D eigenvalue weighted by Crippen LogP contribution is 2.38. The van der Waals surface area contributed by atoms with Gasteiger partial charge >= 0.3 is 0 Å². The number of para-hydroxylation sites is 1. The van der Waals surface area contributed by atoms with Crippen LogP contribution in [0.15, 0.2) is 53.5 Å². The van der Waals surface area contributed by atoms with Gasteiger partial charge in [-0.15, -0.1) is 0 Å². The number of aromatic nitrogens is 1. The number of aryl methyl sites for hydroxylation is 1. The highest BCUT2D eigenvalue weighted by molar-refractivity contribution is 5.96. The minimum absolute atomic E-state index is 0.0849. The lowest BCUT2D eigenvalue weighted by Gasteiger charge is -2.27. The lowest BCUT2D eigenvalue weighted by molar-refractivity contribution is 0.0724. The zero-order chi connectivity index (χ0) is 23.7. The number of hydrogen-bond donors (Lipinski definition) is 0. The van der Waals surface area contributed by atoms with Crippen LogP contribution in [-0.2, 0) is 6.42 Å². The molecular weight excluding hydrogens is 424 g/mol. The van der Waals surface area contributed by atoms with E-state index in [-0.39, 0.29) is 5.91 Å². The van der Waals surface area contributed by atoms with E-state index in [1.807, 2.05) is 48.5 Å². The Bertz CT molecular complexity index is 1260. The molecule has 2 aliphatic rings. The molecule has 0 N–H and O–H groups in total. The molecular formula is C28H30N4O2. The van der Waals surface area contributed by atoms with Crippen molar-refractivity contribution in [2.75, 3.05) is 32.1 Å². The number of hydrogen-bond acceptors (Lipinski definition) is 5. The molecule has 0 bridgehead atoms. The number of nitrogens with zero attached hydrogens (tertiary/aromatic N) is 4. The number of anilines is 2. The first-order chi connectivity index (χ1) is 16.5. The van der Waals surface area contributed by atoms with Crippen molar-refractivity contribution in [1.29, 1.82) is 0 Å². The van der Waals surface area contributed by atoms with Gasteiger partial charge < -0.3 is 14.5 Å². The first-order valence-corrected chi connectivity index (χ1v) is 11.9. The summed E-state index contributed by atoms with van der Waals surface area (Å²) in [4.78, 5) is 26.7. The van der Waals surface area contributed by atoms with Gasteiger partial charge in [0, 0.05) is 55.2 Å². The largest absolute Gasteiger partial charge is 0.496 e. The Labute approximate surface area is 200 Å². The van der Waals surface area contributed by atoms with Crippen molar-refractivity contribution in [2.45, 2.75) is 32.6 Å². The lowest BCUT2D eigenvalue weighted by atomic mass is 10.0. The van der Waals surface area contributed by atoms with Crippen LogP contribution < -0.4 is 9.64 Å². The van der Waals surface area contributed by atoms with E-state index in [0.29, 0.717) is 17.7 Å². The Morgan fingerprint density at radius 3 is 2.65 bits per heavy atom. The number of amides is 1. The number of ether oxygens (including phenoxy) is 1. The lowest BCUT2D eigenvalue weighted by Crippen LogP contribution is -2.35. The number of aliphatic imine (C=N–C) groups is 1. The molecule has 0 atom stereocenters. The molecule has 2 aliphatic heterocycles. The number of carbonyl (C=O) groups excluding carboxylic acids is 1. The number of methoxy groups -OCH3 is 1. The molecule has 1 aromatic heterocycles. The first-order valence-electron chi connectivity index (χ1n) is 11.9. The van der Waals surface area contributed by atoms with Crippen molar-refractivity contribution >= 4 is 29.3 Å². The Morgan fingerprint density at radius 1 is 1.06 bits per heavy atom. The number of rotatable bonds is 4. The molecule has 0 spiro atoms. The molecule has 3 aromatic rings. The fourth-order valence-electron chi connectivity index (χ4n) is 4.85. The fourth-order valence-corrected chi connectivity index (χ4v) is 4.85. The summed E-state index contributed by atoms with van der Waals surface area (Å²) < 4.78 is 5.69. The van der Waals surface area contributed by atoms with E-state index >= 15 is 0 Å². The van der Waals surface area contributed by atoms with Gasteiger partial charge in [-0.05, 0) is 56.0 Å². The average molecular weight is 455 g/mol. The molecule has 5 rings (SSSR count). The zero-order valence-corrected chi connectivity index (χ0v) is 20.0. The number of fused-ring (bicyclic) bond motifs is 2. The topological polar surface area (TPSA) is 58.0 Å². The van der Waals surface area contributed by atoms with Gasteiger partial charge in [0.1, 0.15) is 11.4 Å². The quantitative estimate of drug-likeness (QED) is 0.526. The number of benzene rings is 2. The second-order valence-corrected chi connectivity index (χ2v) is 9.03. The van der Waals surface area contributed by atoms with Crippen LogP contribution in [0.4, 0.5) is 17.2 Å². The smallest absolute Gasteiger partial charge is 0.253 e. The summed E-state index contributed by atoms with van der Waals surface area (Å²) in [6, 6.07) is 16.1. The molecule has 2 aromatic carbocycles. The standard InChI is InChI=1S/C28H30N4O2/c1-19-15-23(30-27-26(19)29-18-22-9-5-6-10-24(22)31(27)2)16-20-11-12-21(17-25(20)34-3)28(33)32-13-7-4-8-14-32/h5-6,9-12,15,17-18H,4,7-8,13-14,16H2,1-3H3. The highest BCUT2D eigenvalue weighted by Gasteiger charge is 2.22. The van der Waals surface area contributed by atoms with E-state index in [9.17, 15) is 4.79 Å². The van der Waals surface area contributed by atoms with Crippen molar-refractivity contribution in [1.82, 2.24) is 9.88 Å². The van der Waals surface area contributed by atoms with Crippen LogP contribution in [0.25, 0.3) is 0 Å². The molecule has 6 heteroatoms.